The molecule has 2 heteroatoms. The number of nitrogens with zero attached hydrogens (tertiary/aromatic N) is 1. The Hall–Kier alpha value is -0.0800. The van der Waals surface area contributed by atoms with Crippen molar-refractivity contribution in [2.24, 2.45) is 0 Å². The average molecular weight is 171 g/mol. The van der Waals surface area contributed by atoms with E-state index >= 15 is 0 Å². The van der Waals surface area contributed by atoms with Gasteiger partial charge in [-0.25, -0.2) is 0 Å². The van der Waals surface area contributed by atoms with E-state index in [2.05, 4.69) is 46.4 Å². The molecule has 1 aliphatic heterocycles. The summed E-state index contributed by atoms with van der Waals surface area (Å²) in [4.78, 5) is 2.43. The Morgan fingerprint density at radius 3 is 2.00 bits per heavy atom. The zero-order chi connectivity index (χ0) is 9.57. The van der Waals surface area contributed by atoms with Crippen LogP contribution < -0.4 is 0 Å². The molecule has 1 fully saturated rings. The molecule has 0 saturated carbocycles. The maximum absolute atomic E-state index is 5.72. The summed E-state index contributed by atoms with van der Waals surface area (Å²) in [5.74, 6) is 0. The molecule has 1 atom stereocenters. The number of hydrogen-bond acceptors (Lipinski definition) is 2. The molecule has 0 amide bonds. The van der Waals surface area contributed by atoms with Crippen LogP contribution in [0, 0.1) is 0 Å². The lowest BCUT2D eigenvalue weighted by molar-refractivity contribution is -0.0903. The van der Waals surface area contributed by atoms with Gasteiger partial charge < -0.3 is 4.74 Å². The molecule has 0 aromatic carbocycles. The normalized spacial score (nSPS) is 31.0. The first kappa shape index (κ1) is 10.0. The van der Waals surface area contributed by atoms with Gasteiger partial charge in [0.15, 0.2) is 0 Å². The Kier molecular flexibility index (Phi) is 2.26. The van der Waals surface area contributed by atoms with E-state index in [0.717, 1.165) is 6.61 Å². The quantitative estimate of drug-likeness (QED) is 0.554. The minimum Gasteiger partial charge on any atom is -0.359 e. The third kappa shape index (κ3) is 1.64. The highest BCUT2D eigenvalue weighted by molar-refractivity contribution is 4.92. The summed E-state index contributed by atoms with van der Waals surface area (Å²) in [5.41, 5.74) is 0.0943. The van der Waals surface area contributed by atoms with Crippen LogP contribution in [-0.2, 0) is 4.74 Å². The monoisotopic (exact) mass is 171 g/mol. The van der Waals surface area contributed by atoms with Gasteiger partial charge in [0.05, 0.1) is 6.61 Å². The van der Waals surface area contributed by atoms with Crippen molar-refractivity contribution in [2.75, 3.05) is 6.61 Å². The predicted molar refractivity (Wildman–Crippen MR) is 51.1 cm³/mol. The summed E-state index contributed by atoms with van der Waals surface area (Å²) >= 11 is 0. The third-order valence-electron chi connectivity index (χ3n) is 2.42. The smallest absolute Gasteiger partial charge is 0.116 e. The molecule has 1 saturated heterocycles. The van der Waals surface area contributed by atoms with E-state index < -0.39 is 0 Å². The molecule has 1 rings (SSSR count). The van der Waals surface area contributed by atoms with Crippen molar-refractivity contribution in [3.8, 4) is 0 Å². The molecule has 12 heavy (non-hydrogen) atoms. The molecule has 0 N–H and O–H groups in total. The molecule has 2 nitrogen and oxygen atoms in total. The predicted octanol–water partition coefficient (Wildman–Crippen LogP) is 2.24. The molecule has 0 radical (unpaired) electrons. The topological polar surface area (TPSA) is 12.5 Å². The van der Waals surface area contributed by atoms with Crippen LogP contribution in [0.25, 0.3) is 0 Å². The second kappa shape index (κ2) is 2.71. The van der Waals surface area contributed by atoms with Gasteiger partial charge in [-0.05, 0) is 41.5 Å². The zero-order valence-electron chi connectivity index (χ0n) is 9.14. The van der Waals surface area contributed by atoms with Crippen LogP contribution in [0.1, 0.15) is 41.5 Å². The maximum Gasteiger partial charge on any atom is 0.116 e. The van der Waals surface area contributed by atoms with Crippen LogP contribution in [0.2, 0.25) is 0 Å². The fraction of sp³-hybridized carbons (Fsp3) is 1.00. The van der Waals surface area contributed by atoms with E-state index in [1.807, 2.05) is 0 Å². The Morgan fingerprint density at radius 2 is 1.83 bits per heavy atom. The Morgan fingerprint density at radius 1 is 1.33 bits per heavy atom. The zero-order valence-corrected chi connectivity index (χ0v) is 9.14. The summed E-state index contributed by atoms with van der Waals surface area (Å²) in [5, 5.41) is 0. The number of ether oxygens (including phenoxy) is 1. The fourth-order valence-corrected chi connectivity index (χ4v) is 2.47. The molecule has 0 unspecified atom stereocenters. The van der Waals surface area contributed by atoms with Crippen molar-refractivity contribution in [3.63, 3.8) is 0 Å². The molecule has 0 spiro atoms. The van der Waals surface area contributed by atoms with Gasteiger partial charge in [0.1, 0.15) is 5.72 Å². The largest absolute Gasteiger partial charge is 0.359 e. The molecular formula is C10H21NO. The van der Waals surface area contributed by atoms with Gasteiger partial charge in [0.2, 0.25) is 0 Å². The van der Waals surface area contributed by atoms with Crippen LogP contribution in [0.3, 0.4) is 0 Å². The van der Waals surface area contributed by atoms with Crippen molar-refractivity contribution >= 4 is 0 Å². The van der Waals surface area contributed by atoms with Gasteiger partial charge in [-0.1, -0.05) is 0 Å². The van der Waals surface area contributed by atoms with Crippen LogP contribution in [0.4, 0.5) is 0 Å². The van der Waals surface area contributed by atoms with Gasteiger partial charge in [-0.3, -0.25) is 4.90 Å². The van der Waals surface area contributed by atoms with Crippen molar-refractivity contribution in [1.29, 1.82) is 0 Å². The highest BCUT2D eigenvalue weighted by Gasteiger charge is 2.44. The Labute approximate surface area is 75.9 Å². The molecule has 0 bridgehead atoms. The average Bonchev–Trinajstić information content (AvgIpc) is 2.03. The van der Waals surface area contributed by atoms with Crippen molar-refractivity contribution in [1.82, 2.24) is 4.90 Å². The second-order valence-corrected chi connectivity index (χ2v) is 5.15. The molecule has 1 aliphatic rings. The standard InChI is InChI=1S/C10H21NO/c1-8-7-12-10(5,6)11(8)9(2,3)4/h8H,7H2,1-6H3/t8-/m0/s1. The van der Waals surface area contributed by atoms with Gasteiger partial charge in [0, 0.05) is 11.6 Å². The van der Waals surface area contributed by atoms with Crippen molar-refractivity contribution < 1.29 is 4.74 Å². The molecule has 0 aromatic rings. The van der Waals surface area contributed by atoms with Crippen molar-refractivity contribution in [3.05, 3.63) is 0 Å². The molecular weight excluding hydrogens is 150 g/mol. The lowest BCUT2D eigenvalue weighted by Gasteiger charge is -2.42. The summed E-state index contributed by atoms with van der Waals surface area (Å²) < 4.78 is 5.72. The van der Waals surface area contributed by atoms with Crippen LogP contribution >= 0.6 is 0 Å². The van der Waals surface area contributed by atoms with Gasteiger partial charge in [0.25, 0.3) is 0 Å². The minimum absolute atomic E-state index is 0.0995. The summed E-state index contributed by atoms with van der Waals surface area (Å²) in [7, 11) is 0. The highest BCUT2D eigenvalue weighted by atomic mass is 16.5. The number of hydrogen-bond donors (Lipinski definition) is 0. The first-order chi connectivity index (χ1) is 5.25. The number of rotatable bonds is 0. The lowest BCUT2D eigenvalue weighted by Crippen LogP contribution is -2.53. The first-order valence-electron chi connectivity index (χ1n) is 4.68. The van der Waals surface area contributed by atoms with Gasteiger partial charge in [-0.15, -0.1) is 0 Å². The summed E-state index contributed by atoms with van der Waals surface area (Å²) in [6, 6.07) is 0.528. The first-order valence-corrected chi connectivity index (χ1v) is 4.68. The van der Waals surface area contributed by atoms with E-state index in [1.165, 1.54) is 0 Å². The SMILES string of the molecule is C[C@H]1COC(C)(C)N1C(C)(C)C. The van der Waals surface area contributed by atoms with Gasteiger partial charge >= 0.3 is 0 Å². The van der Waals surface area contributed by atoms with E-state index in [-0.39, 0.29) is 11.3 Å². The van der Waals surface area contributed by atoms with Gasteiger partial charge in [-0.2, -0.15) is 0 Å². The van der Waals surface area contributed by atoms with Crippen LogP contribution in [0.5, 0.6) is 0 Å². The third-order valence-corrected chi connectivity index (χ3v) is 2.42. The van der Waals surface area contributed by atoms with E-state index in [0.29, 0.717) is 6.04 Å². The van der Waals surface area contributed by atoms with E-state index in [9.17, 15) is 0 Å². The van der Waals surface area contributed by atoms with Crippen molar-refractivity contribution in [2.45, 2.75) is 58.8 Å². The minimum atomic E-state index is -0.0995. The lowest BCUT2D eigenvalue weighted by atomic mass is 10.0. The fourth-order valence-electron chi connectivity index (χ4n) is 2.47. The van der Waals surface area contributed by atoms with E-state index in [1.54, 1.807) is 0 Å². The second-order valence-electron chi connectivity index (χ2n) is 5.15. The molecule has 1 heterocycles. The Balaban J connectivity index is 2.86. The molecule has 0 aliphatic carbocycles. The van der Waals surface area contributed by atoms with Crippen LogP contribution in [-0.4, -0.2) is 28.8 Å². The van der Waals surface area contributed by atoms with Crippen LogP contribution in [0.15, 0.2) is 0 Å². The summed E-state index contributed by atoms with van der Waals surface area (Å²) in [6.45, 7) is 14.1. The molecule has 72 valence electrons. The highest BCUT2D eigenvalue weighted by Crippen LogP contribution is 2.33. The van der Waals surface area contributed by atoms with E-state index in [4.69, 9.17) is 4.74 Å². The Bertz CT molecular complexity index is 169. The maximum atomic E-state index is 5.72. The molecule has 0 aromatic heterocycles. The summed E-state index contributed by atoms with van der Waals surface area (Å²) in [6.07, 6.45) is 0.